The standard InChI is InChI=1S/C7H9N3O3S/c11-5-1-4(2-5)9-7-8-3-6(14-7)10(12)13/h3-5,11H,1-2H2,(H,8,9). The van der Waals surface area contributed by atoms with Gasteiger partial charge in [0.05, 0.1) is 11.0 Å². The van der Waals surface area contributed by atoms with Crippen LogP contribution in [0.15, 0.2) is 6.20 Å². The zero-order chi connectivity index (χ0) is 10.1. The molecule has 0 bridgehead atoms. The van der Waals surface area contributed by atoms with E-state index in [9.17, 15) is 10.1 Å². The Morgan fingerprint density at radius 1 is 1.71 bits per heavy atom. The van der Waals surface area contributed by atoms with Gasteiger partial charge in [-0.15, -0.1) is 0 Å². The molecule has 0 saturated heterocycles. The fourth-order valence-corrected chi connectivity index (χ4v) is 2.01. The van der Waals surface area contributed by atoms with E-state index in [2.05, 4.69) is 10.3 Å². The lowest BCUT2D eigenvalue weighted by atomic mass is 9.90. The summed E-state index contributed by atoms with van der Waals surface area (Å²) in [6.45, 7) is 0. The van der Waals surface area contributed by atoms with Crippen molar-refractivity contribution < 1.29 is 10.0 Å². The molecule has 1 saturated carbocycles. The van der Waals surface area contributed by atoms with Crippen LogP contribution in [0.1, 0.15) is 12.8 Å². The Kier molecular flexibility index (Phi) is 2.34. The molecule has 2 rings (SSSR count). The minimum absolute atomic E-state index is 0.0346. The molecule has 2 N–H and O–H groups in total. The van der Waals surface area contributed by atoms with Crippen LogP contribution in [0.2, 0.25) is 0 Å². The molecule has 76 valence electrons. The van der Waals surface area contributed by atoms with Crippen molar-refractivity contribution in [2.24, 2.45) is 0 Å². The van der Waals surface area contributed by atoms with Crippen molar-refractivity contribution in [2.75, 3.05) is 5.32 Å². The maximum absolute atomic E-state index is 10.3. The van der Waals surface area contributed by atoms with Crippen molar-refractivity contribution in [3.05, 3.63) is 16.3 Å². The first-order valence-electron chi connectivity index (χ1n) is 4.20. The predicted molar refractivity (Wildman–Crippen MR) is 51.4 cm³/mol. The third kappa shape index (κ3) is 1.83. The molecule has 1 aromatic heterocycles. The lowest BCUT2D eigenvalue weighted by molar-refractivity contribution is -0.380. The van der Waals surface area contributed by atoms with Gasteiger partial charge in [-0.1, -0.05) is 0 Å². The van der Waals surface area contributed by atoms with Gasteiger partial charge in [0.25, 0.3) is 0 Å². The summed E-state index contributed by atoms with van der Waals surface area (Å²) < 4.78 is 0. The minimum Gasteiger partial charge on any atom is -0.393 e. The molecule has 1 heterocycles. The van der Waals surface area contributed by atoms with Gasteiger partial charge < -0.3 is 10.4 Å². The topological polar surface area (TPSA) is 88.3 Å². The second kappa shape index (κ2) is 3.50. The van der Waals surface area contributed by atoms with E-state index < -0.39 is 4.92 Å². The molecule has 1 aliphatic carbocycles. The van der Waals surface area contributed by atoms with Crippen LogP contribution in [-0.2, 0) is 0 Å². The van der Waals surface area contributed by atoms with Gasteiger partial charge in [-0.05, 0) is 24.2 Å². The van der Waals surface area contributed by atoms with Crippen molar-refractivity contribution in [3.8, 4) is 0 Å². The molecular formula is C7H9N3O3S. The van der Waals surface area contributed by atoms with Crippen molar-refractivity contribution in [1.82, 2.24) is 4.98 Å². The first-order chi connectivity index (χ1) is 6.65. The van der Waals surface area contributed by atoms with Gasteiger partial charge in [-0.3, -0.25) is 10.1 Å². The van der Waals surface area contributed by atoms with Crippen LogP contribution in [0.25, 0.3) is 0 Å². The molecular weight excluding hydrogens is 206 g/mol. The van der Waals surface area contributed by atoms with Crippen molar-refractivity contribution >= 4 is 21.5 Å². The van der Waals surface area contributed by atoms with E-state index in [1.54, 1.807) is 0 Å². The van der Waals surface area contributed by atoms with Crippen LogP contribution < -0.4 is 5.32 Å². The average molecular weight is 215 g/mol. The smallest absolute Gasteiger partial charge is 0.345 e. The number of thiazole rings is 1. The largest absolute Gasteiger partial charge is 0.393 e. The van der Waals surface area contributed by atoms with Crippen LogP contribution in [-0.4, -0.2) is 27.2 Å². The summed E-state index contributed by atoms with van der Waals surface area (Å²) in [5.41, 5.74) is 0. The molecule has 0 unspecified atom stereocenters. The first-order valence-corrected chi connectivity index (χ1v) is 5.01. The van der Waals surface area contributed by atoms with Crippen molar-refractivity contribution in [1.29, 1.82) is 0 Å². The van der Waals surface area contributed by atoms with E-state index in [1.807, 2.05) is 0 Å². The van der Waals surface area contributed by atoms with Gasteiger partial charge >= 0.3 is 5.00 Å². The Hall–Kier alpha value is -1.21. The van der Waals surface area contributed by atoms with Crippen LogP contribution in [0, 0.1) is 10.1 Å². The van der Waals surface area contributed by atoms with Crippen LogP contribution in [0.5, 0.6) is 0 Å². The first kappa shape index (κ1) is 9.35. The number of aromatic nitrogens is 1. The predicted octanol–water partition coefficient (Wildman–Crippen LogP) is 0.986. The number of anilines is 1. The Morgan fingerprint density at radius 2 is 2.43 bits per heavy atom. The van der Waals surface area contributed by atoms with Crippen LogP contribution >= 0.6 is 11.3 Å². The fourth-order valence-electron chi connectivity index (χ4n) is 1.30. The third-order valence-corrected chi connectivity index (χ3v) is 2.99. The highest BCUT2D eigenvalue weighted by atomic mass is 32.1. The molecule has 6 nitrogen and oxygen atoms in total. The van der Waals surface area contributed by atoms with E-state index >= 15 is 0 Å². The number of aliphatic hydroxyl groups excluding tert-OH is 1. The van der Waals surface area contributed by atoms with E-state index in [0.717, 1.165) is 11.3 Å². The maximum atomic E-state index is 10.3. The molecule has 7 heteroatoms. The zero-order valence-corrected chi connectivity index (χ0v) is 8.03. The zero-order valence-electron chi connectivity index (χ0n) is 7.21. The van der Waals surface area contributed by atoms with Crippen LogP contribution in [0.4, 0.5) is 10.1 Å². The van der Waals surface area contributed by atoms with E-state index in [-0.39, 0.29) is 17.1 Å². The monoisotopic (exact) mass is 215 g/mol. The second-order valence-electron chi connectivity index (χ2n) is 3.23. The van der Waals surface area contributed by atoms with Crippen molar-refractivity contribution in [3.63, 3.8) is 0 Å². The maximum Gasteiger partial charge on any atom is 0.345 e. The molecule has 0 amide bonds. The van der Waals surface area contributed by atoms with Gasteiger partial charge in [0.2, 0.25) is 0 Å². The highest BCUT2D eigenvalue weighted by Gasteiger charge is 2.28. The highest BCUT2D eigenvalue weighted by Crippen LogP contribution is 2.29. The molecule has 1 aliphatic rings. The number of hydrogen-bond acceptors (Lipinski definition) is 6. The number of nitrogens with zero attached hydrogens (tertiary/aromatic N) is 2. The second-order valence-corrected chi connectivity index (χ2v) is 4.24. The average Bonchev–Trinajstić information content (AvgIpc) is 2.50. The Labute approximate surface area is 83.7 Å². The van der Waals surface area contributed by atoms with Gasteiger partial charge in [0, 0.05) is 6.04 Å². The van der Waals surface area contributed by atoms with E-state index in [1.165, 1.54) is 6.20 Å². The summed E-state index contributed by atoms with van der Waals surface area (Å²) in [5.74, 6) is 0. The molecule has 0 spiro atoms. The van der Waals surface area contributed by atoms with E-state index in [4.69, 9.17) is 5.11 Å². The molecule has 0 aliphatic heterocycles. The molecule has 0 atom stereocenters. The number of nitro groups is 1. The fraction of sp³-hybridized carbons (Fsp3) is 0.571. The Balaban J connectivity index is 1.93. The van der Waals surface area contributed by atoms with Gasteiger partial charge in [-0.2, -0.15) is 0 Å². The molecule has 0 aromatic carbocycles. The Morgan fingerprint density at radius 3 is 2.93 bits per heavy atom. The van der Waals surface area contributed by atoms with Gasteiger partial charge in [0.1, 0.15) is 6.20 Å². The molecule has 0 radical (unpaired) electrons. The molecule has 1 fully saturated rings. The lowest BCUT2D eigenvalue weighted by Crippen LogP contribution is -2.38. The quantitative estimate of drug-likeness (QED) is 0.579. The number of aliphatic hydroxyl groups is 1. The summed E-state index contributed by atoms with van der Waals surface area (Å²) >= 11 is 1.02. The minimum atomic E-state index is -0.460. The Bertz CT molecular complexity index is 348. The summed E-state index contributed by atoms with van der Waals surface area (Å²) in [4.78, 5) is 13.8. The number of rotatable bonds is 3. The SMILES string of the molecule is O=[N+]([O-])c1cnc(NC2CC(O)C2)s1. The molecule has 1 aromatic rings. The normalized spacial score (nSPS) is 25.5. The third-order valence-electron chi connectivity index (χ3n) is 2.11. The summed E-state index contributed by atoms with van der Waals surface area (Å²) in [6.07, 6.45) is 2.38. The highest BCUT2D eigenvalue weighted by molar-refractivity contribution is 7.18. The molecule has 14 heavy (non-hydrogen) atoms. The number of hydrogen-bond donors (Lipinski definition) is 2. The summed E-state index contributed by atoms with van der Waals surface area (Å²) in [5, 5.41) is 23.0. The summed E-state index contributed by atoms with van der Waals surface area (Å²) in [7, 11) is 0. The van der Waals surface area contributed by atoms with Crippen LogP contribution in [0.3, 0.4) is 0 Å². The van der Waals surface area contributed by atoms with Gasteiger partial charge in [0.15, 0.2) is 5.13 Å². The van der Waals surface area contributed by atoms with Gasteiger partial charge in [-0.25, -0.2) is 4.98 Å². The van der Waals surface area contributed by atoms with Crippen molar-refractivity contribution in [2.45, 2.75) is 25.0 Å². The summed E-state index contributed by atoms with van der Waals surface area (Å²) in [6, 6.07) is 0.204. The lowest BCUT2D eigenvalue weighted by Gasteiger charge is -2.31. The number of nitrogens with one attached hydrogen (secondary N) is 1. The van der Waals surface area contributed by atoms with E-state index in [0.29, 0.717) is 18.0 Å².